The summed E-state index contributed by atoms with van der Waals surface area (Å²) in [5.41, 5.74) is 1.57. The van der Waals surface area contributed by atoms with Crippen LogP contribution in [0.15, 0.2) is 35.7 Å². The first kappa shape index (κ1) is 14.2. The van der Waals surface area contributed by atoms with E-state index in [1.165, 1.54) is 11.3 Å². The summed E-state index contributed by atoms with van der Waals surface area (Å²) in [5.74, 6) is -0.00423. The van der Waals surface area contributed by atoms with Crippen LogP contribution in [-0.4, -0.2) is 41.1 Å². The molecule has 0 aliphatic carbocycles. The van der Waals surface area contributed by atoms with Gasteiger partial charge in [0.05, 0.1) is 12.2 Å². The second-order valence-electron chi connectivity index (χ2n) is 5.37. The molecule has 0 spiro atoms. The Kier molecular flexibility index (Phi) is 4.03. The van der Waals surface area contributed by atoms with Crippen molar-refractivity contribution in [3.05, 3.63) is 41.4 Å². The first-order valence-corrected chi connectivity index (χ1v) is 7.97. The molecule has 0 radical (unpaired) electrons. The molecule has 0 N–H and O–H groups in total. The summed E-state index contributed by atoms with van der Waals surface area (Å²) in [4.78, 5) is 18.9. The van der Waals surface area contributed by atoms with E-state index in [1.54, 1.807) is 0 Å². The van der Waals surface area contributed by atoms with Crippen LogP contribution in [0.5, 0.6) is 0 Å². The molecule has 1 aliphatic heterocycles. The van der Waals surface area contributed by atoms with E-state index in [4.69, 9.17) is 4.74 Å². The molecule has 1 amide bonds. The van der Waals surface area contributed by atoms with Gasteiger partial charge in [-0.25, -0.2) is 4.98 Å². The van der Waals surface area contributed by atoms with Crippen LogP contribution >= 0.6 is 11.3 Å². The number of ether oxygens (including phenoxy) is 1. The highest BCUT2D eigenvalue weighted by molar-refractivity contribution is 7.13. The van der Waals surface area contributed by atoms with Gasteiger partial charge in [0.2, 0.25) is 0 Å². The van der Waals surface area contributed by atoms with Gasteiger partial charge in [0.25, 0.3) is 5.91 Å². The topological polar surface area (TPSA) is 42.4 Å². The van der Waals surface area contributed by atoms with Gasteiger partial charge in [-0.1, -0.05) is 30.3 Å². The van der Waals surface area contributed by atoms with E-state index in [2.05, 4.69) is 4.98 Å². The standard InChI is InChI=1S/C16H18N2O2S/c1-11-8-18(9-12(2)20-11)16(19)14-10-21-15(17-14)13-6-4-3-5-7-13/h3-7,10-12H,8-9H2,1-2H3/t11-,12-/m0/s1. The van der Waals surface area contributed by atoms with E-state index < -0.39 is 0 Å². The molecule has 1 aromatic heterocycles. The summed E-state index contributed by atoms with van der Waals surface area (Å²) in [6.45, 7) is 5.24. The number of aromatic nitrogens is 1. The van der Waals surface area contributed by atoms with Gasteiger partial charge in [-0.2, -0.15) is 0 Å². The molecule has 4 nitrogen and oxygen atoms in total. The average Bonchev–Trinajstić information content (AvgIpc) is 2.96. The van der Waals surface area contributed by atoms with Crippen molar-refractivity contribution in [2.75, 3.05) is 13.1 Å². The van der Waals surface area contributed by atoms with Gasteiger partial charge < -0.3 is 9.64 Å². The molecule has 0 saturated carbocycles. The van der Waals surface area contributed by atoms with Crippen molar-refractivity contribution in [1.29, 1.82) is 0 Å². The Balaban J connectivity index is 1.78. The lowest BCUT2D eigenvalue weighted by Crippen LogP contribution is -2.48. The Hall–Kier alpha value is -1.72. The second kappa shape index (κ2) is 5.95. The average molecular weight is 302 g/mol. The van der Waals surface area contributed by atoms with Crippen molar-refractivity contribution in [3.63, 3.8) is 0 Å². The van der Waals surface area contributed by atoms with Crippen molar-refractivity contribution in [2.24, 2.45) is 0 Å². The summed E-state index contributed by atoms with van der Waals surface area (Å²) in [6.07, 6.45) is 0.148. The largest absolute Gasteiger partial charge is 0.372 e. The predicted octanol–water partition coefficient (Wildman–Crippen LogP) is 3.06. The molecule has 1 fully saturated rings. The van der Waals surface area contributed by atoms with Crippen LogP contribution in [0, 0.1) is 0 Å². The fourth-order valence-electron chi connectivity index (χ4n) is 2.59. The van der Waals surface area contributed by atoms with Crippen molar-refractivity contribution in [3.8, 4) is 10.6 Å². The number of rotatable bonds is 2. The predicted molar refractivity (Wildman–Crippen MR) is 83.5 cm³/mol. The summed E-state index contributed by atoms with van der Waals surface area (Å²) in [6, 6.07) is 9.94. The van der Waals surface area contributed by atoms with E-state index in [-0.39, 0.29) is 18.1 Å². The SMILES string of the molecule is C[C@H]1CN(C(=O)c2csc(-c3ccccc3)n2)C[C@H](C)O1. The van der Waals surface area contributed by atoms with Gasteiger partial charge in [0.15, 0.2) is 0 Å². The lowest BCUT2D eigenvalue weighted by Gasteiger charge is -2.34. The molecule has 1 aliphatic rings. The monoisotopic (exact) mass is 302 g/mol. The number of amides is 1. The third kappa shape index (κ3) is 3.14. The zero-order valence-electron chi connectivity index (χ0n) is 12.2. The van der Waals surface area contributed by atoms with Crippen LogP contribution in [-0.2, 0) is 4.74 Å². The number of carbonyl (C=O) groups is 1. The maximum atomic E-state index is 12.6. The minimum Gasteiger partial charge on any atom is -0.372 e. The zero-order valence-corrected chi connectivity index (χ0v) is 13.0. The molecule has 0 bridgehead atoms. The smallest absolute Gasteiger partial charge is 0.273 e. The number of nitrogens with zero attached hydrogens (tertiary/aromatic N) is 2. The summed E-state index contributed by atoms with van der Waals surface area (Å²) < 4.78 is 5.67. The number of carbonyl (C=O) groups excluding carboxylic acids is 1. The van der Waals surface area contributed by atoms with Crippen molar-refractivity contribution in [2.45, 2.75) is 26.1 Å². The molecule has 2 aromatic rings. The lowest BCUT2D eigenvalue weighted by atomic mass is 10.2. The maximum Gasteiger partial charge on any atom is 0.273 e. The Labute approximate surface area is 128 Å². The third-order valence-corrected chi connectivity index (χ3v) is 4.34. The Morgan fingerprint density at radius 3 is 2.57 bits per heavy atom. The van der Waals surface area contributed by atoms with E-state index in [0.717, 1.165) is 10.6 Å². The Morgan fingerprint density at radius 1 is 1.24 bits per heavy atom. The summed E-state index contributed by atoms with van der Waals surface area (Å²) in [7, 11) is 0. The highest BCUT2D eigenvalue weighted by Gasteiger charge is 2.27. The Morgan fingerprint density at radius 2 is 1.90 bits per heavy atom. The first-order chi connectivity index (χ1) is 10.1. The second-order valence-corrected chi connectivity index (χ2v) is 6.23. The molecule has 1 saturated heterocycles. The van der Waals surface area contributed by atoms with E-state index in [9.17, 15) is 4.79 Å². The lowest BCUT2D eigenvalue weighted by molar-refractivity contribution is -0.0587. The molecule has 5 heteroatoms. The van der Waals surface area contributed by atoms with Gasteiger partial charge >= 0.3 is 0 Å². The highest BCUT2D eigenvalue weighted by Crippen LogP contribution is 2.24. The van der Waals surface area contributed by atoms with Crippen LogP contribution in [0.25, 0.3) is 10.6 Å². The molecule has 21 heavy (non-hydrogen) atoms. The molecular formula is C16H18N2O2S. The molecule has 2 atom stereocenters. The fourth-order valence-corrected chi connectivity index (χ4v) is 3.39. The van der Waals surface area contributed by atoms with Crippen LogP contribution in [0.3, 0.4) is 0 Å². The normalized spacial score (nSPS) is 22.3. The maximum absolute atomic E-state index is 12.6. The molecule has 2 heterocycles. The van der Waals surface area contributed by atoms with E-state index in [0.29, 0.717) is 18.8 Å². The molecule has 110 valence electrons. The summed E-state index contributed by atoms with van der Waals surface area (Å²) >= 11 is 1.51. The fraction of sp³-hybridized carbons (Fsp3) is 0.375. The van der Waals surface area contributed by atoms with Crippen LogP contribution in [0.1, 0.15) is 24.3 Å². The minimum absolute atomic E-state index is 0.00423. The van der Waals surface area contributed by atoms with Gasteiger partial charge in [0.1, 0.15) is 10.7 Å². The van der Waals surface area contributed by atoms with Gasteiger partial charge in [-0.3, -0.25) is 4.79 Å². The number of thiazole rings is 1. The minimum atomic E-state index is -0.00423. The van der Waals surface area contributed by atoms with Crippen LogP contribution in [0.2, 0.25) is 0 Å². The summed E-state index contributed by atoms with van der Waals surface area (Å²) in [5, 5.41) is 2.73. The molecule has 0 unspecified atom stereocenters. The quantitative estimate of drug-likeness (QED) is 0.856. The molecule has 3 rings (SSSR count). The zero-order chi connectivity index (χ0) is 14.8. The van der Waals surface area contributed by atoms with Gasteiger partial charge in [-0.15, -0.1) is 11.3 Å². The molecular weight excluding hydrogens is 284 g/mol. The van der Waals surface area contributed by atoms with Crippen molar-refractivity contribution in [1.82, 2.24) is 9.88 Å². The van der Waals surface area contributed by atoms with Crippen LogP contribution < -0.4 is 0 Å². The van der Waals surface area contributed by atoms with Gasteiger partial charge in [0, 0.05) is 24.0 Å². The van der Waals surface area contributed by atoms with E-state index >= 15 is 0 Å². The van der Waals surface area contributed by atoms with E-state index in [1.807, 2.05) is 54.5 Å². The van der Waals surface area contributed by atoms with Crippen LogP contribution in [0.4, 0.5) is 0 Å². The molecule has 1 aromatic carbocycles. The number of hydrogen-bond donors (Lipinski definition) is 0. The number of morpholine rings is 1. The van der Waals surface area contributed by atoms with Crippen molar-refractivity contribution < 1.29 is 9.53 Å². The van der Waals surface area contributed by atoms with Gasteiger partial charge in [-0.05, 0) is 13.8 Å². The first-order valence-electron chi connectivity index (χ1n) is 7.09. The highest BCUT2D eigenvalue weighted by atomic mass is 32.1. The third-order valence-electron chi connectivity index (χ3n) is 3.45. The number of benzene rings is 1. The van der Waals surface area contributed by atoms with Crippen molar-refractivity contribution >= 4 is 17.2 Å². The number of hydrogen-bond acceptors (Lipinski definition) is 4. The Bertz CT molecular complexity index is 616.